The van der Waals surface area contributed by atoms with Gasteiger partial charge in [0.2, 0.25) is 0 Å². The molecule has 1 amide bonds. The van der Waals surface area contributed by atoms with Crippen LogP contribution in [0.1, 0.15) is 12.8 Å². The molecule has 1 saturated heterocycles. The number of hydrogen-bond acceptors (Lipinski definition) is 7. The second-order valence-electron chi connectivity index (χ2n) is 7.56. The van der Waals surface area contributed by atoms with Crippen LogP contribution in [0.5, 0.6) is 11.5 Å². The maximum absolute atomic E-state index is 14.4. The van der Waals surface area contributed by atoms with Gasteiger partial charge in [0.1, 0.15) is 24.3 Å². The molecule has 4 rings (SSSR count). The Morgan fingerprint density at radius 1 is 1.24 bits per heavy atom. The predicted octanol–water partition coefficient (Wildman–Crippen LogP) is 4.15. The number of benzene rings is 2. The van der Waals surface area contributed by atoms with Gasteiger partial charge in [0.05, 0.1) is 23.3 Å². The average Bonchev–Trinajstić information content (AvgIpc) is 2.81. The lowest BCUT2D eigenvalue weighted by Gasteiger charge is -2.35. The first-order chi connectivity index (χ1) is 16.3. The van der Waals surface area contributed by atoms with Gasteiger partial charge in [-0.05, 0) is 18.2 Å². The van der Waals surface area contributed by atoms with Crippen molar-refractivity contribution in [1.29, 1.82) is 0 Å². The monoisotopic (exact) mass is 490 g/mol. The number of aromatic nitrogens is 2. The number of carbonyl (C=O) groups is 2. The van der Waals surface area contributed by atoms with E-state index in [1.165, 1.54) is 25.6 Å². The number of anilines is 2. The Bertz CT molecular complexity index is 1260. The van der Waals surface area contributed by atoms with Crippen molar-refractivity contribution in [2.24, 2.45) is 0 Å². The second-order valence-corrected chi connectivity index (χ2v) is 7.97. The van der Waals surface area contributed by atoms with Gasteiger partial charge in [0.25, 0.3) is 0 Å². The Kier molecular flexibility index (Phi) is 6.55. The van der Waals surface area contributed by atoms with E-state index in [2.05, 4.69) is 15.3 Å². The van der Waals surface area contributed by atoms with Gasteiger partial charge in [-0.25, -0.2) is 23.9 Å². The highest BCUT2D eigenvalue weighted by Crippen LogP contribution is 2.37. The van der Waals surface area contributed by atoms with E-state index in [1.807, 2.05) is 0 Å². The Balaban J connectivity index is 1.66. The Labute approximate surface area is 197 Å². The molecule has 1 aliphatic rings. The number of halogens is 2. The molecule has 2 atom stereocenters. The number of carboxylic acid groups (broad SMARTS) is 2. The molecule has 178 valence electrons. The maximum Gasteiger partial charge on any atom is 0.408 e. The molecule has 0 bridgehead atoms. The fourth-order valence-corrected chi connectivity index (χ4v) is 4.00. The zero-order chi connectivity index (χ0) is 24.4. The van der Waals surface area contributed by atoms with Crippen LogP contribution in [0.3, 0.4) is 0 Å². The van der Waals surface area contributed by atoms with Crippen molar-refractivity contribution >= 4 is 46.1 Å². The first kappa shape index (κ1) is 23.3. The summed E-state index contributed by atoms with van der Waals surface area (Å²) in [5.41, 5.74) is 0.615. The molecule has 10 nitrogen and oxygen atoms in total. The summed E-state index contributed by atoms with van der Waals surface area (Å²) in [6.45, 7) is 0.0107. The molecule has 0 radical (unpaired) electrons. The summed E-state index contributed by atoms with van der Waals surface area (Å²) in [6, 6.07) is 6.53. The summed E-state index contributed by atoms with van der Waals surface area (Å²) in [4.78, 5) is 32.3. The van der Waals surface area contributed by atoms with Crippen LogP contribution in [0, 0.1) is 5.82 Å². The van der Waals surface area contributed by atoms with Crippen molar-refractivity contribution in [3.8, 4) is 11.5 Å². The van der Waals surface area contributed by atoms with Crippen molar-refractivity contribution in [2.45, 2.75) is 25.0 Å². The van der Waals surface area contributed by atoms with Crippen LogP contribution in [0.4, 0.5) is 20.7 Å². The van der Waals surface area contributed by atoms with E-state index in [1.54, 1.807) is 18.2 Å². The fraction of sp³-hybridized carbons (Fsp3) is 0.273. The number of hydrogen-bond donors (Lipinski definition) is 3. The van der Waals surface area contributed by atoms with Crippen LogP contribution in [0.2, 0.25) is 5.02 Å². The lowest BCUT2D eigenvalue weighted by atomic mass is 9.99. The summed E-state index contributed by atoms with van der Waals surface area (Å²) >= 11 is 5.87. The minimum Gasteiger partial charge on any atom is -0.493 e. The number of amides is 1. The Morgan fingerprint density at radius 3 is 2.74 bits per heavy atom. The van der Waals surface area contributed by atoms with Crippen molar-refractivity contribution < 1.29 is 33.7 Å². The number of methoxy groups -OCH3 is 1. The molecule has 0 aliphatic carbocycles. The van der Waals surface area contributed by atoms with Gasteiger partial charge in [-0.1, -0.05) is 17.7 Å². The lowest BCUT2D eigenvalue weighted by Crippen LogP contribution is -2.51. The van der Waals surface area contributed by atoms with Gasteiger partial charge in [0.15, 0.2) is 17.3 Å². The molecule has 2 aromatic carbocycles. The van der Waals surface area contributed by atoms with Crippen molar-refractivity contribution in [3.05, 3.63) is 47.5 Å². The normalized spacial score (nSPS) is 17.9. The highest BCUT2D eigenvalue weighted by molar-refractivity contribution is 6.31. The molecule has 12 heteroatoms. The first-order valence-corrected chi connectivity index (χ1v) is 10.6. The molecule has 1 fully saturated rings. The van der Waals surface area contributed by atoms with E-state index in [4.69, 9.17) is 21.1 Å². The zero-order valence-corrected chi connectivity index (χ0v) is 18.6. The summed E-state index contributed by atoms with van der Waals surface area (Å²) in [7, 11) is 1.45. The van der Waals surface area contributed by atoms with Crippen LogP contribution >= 0.6 is 11.6 Å². The smallest absolute Gasteiger partial charge is 0.408 e. The quantitative estimate of drug-likeness (QED) is 0.465. The van der Waals surface area contributed by atoms with Crippen LogP contribution in [0.15, 0.2) is 36.7 Å². The zero-order valence-electron chi connectivity index (χ0n) is 17.9. The molecule has 2 heterocycles. The summed E-state index contributed by atoms with van der Waals surface area (Å²) < 4.78 is 25.9. The number of piperidine rings is 1. The van der Waals surface area contributed by atoms with E-state index in [0.29, 0.717) is 28.9 Å². The molecule has 1 aliphatic heterocycles. The van der Waals surface area contributed by atoms with E-state index in [-0.39, 0.29) is 29.4 Å². The number of likely N-dealkylation sites (tertiary alicyclic amines) is 1. The van der Waals surface area contributed by atoms with Crippen LogP contribution in [-0.4, -0.2) is 62.9 Å². The molecular formula is C22H20ClFN4O6. The third-order valence-corrected chi connectivity index (χ3v) is 5.80. The Morgan fingerprint density at radius 2 is 2.03 bits per heavy atom. The number of aliphatic carboxylic acids is 1. The molecule has 3 N–H and O–H groups in total. The summed E-state index contributed by atoms with van der Waals surface area (Å²) in [5.74, 6) is -0.950. The predicted molar refractivity (Wildman–Crippen MR) is 121 cm³/mol. The second kappa shape index (κ2) is 9.56. The van der Waals surface area contributed by atoms with Gasteiger partial charge in [-0.3, -0.25) is 4.90 Å². The van der Waals surface area contributed by atoms with E-state index in [9.17, 15) is 24.2 Å². The third-order valence-electron chi connectivity index (χ3n) is 5.50. The number of nitrogens with zero attached hydrogens (tertiary/aromatic N) is 3. The minimum absolute atomic E-state index is 0.0107. The molecular weight excluding hydrogens is 471 g/mol. The highest BCUT2D eigenvalue weighted by atomic mass is 35.5. The van der Waals surface area contributed by atoms with Crippen LogP contribution in [0.25, 0.3) is 10.9 Å². The summed E-state index contributed by atoms with van der Waals surface area (Å²) in [5, 5.41) is 22.1. The van der Waals surface area contributed by atoms with Crippen molar-refractivity contribution in [3.63, 3.8) is 0 Å². The van der Waals surface area contributed by atoms with Crippen LogP contribution in [-0.2, 0) is 4.79 Å². The van der Waals surface area contributed by atoms with Gasteiger partial charge in [-0.2, -0.15) is 0 Å². The van der Waals surface area contributed by atoms with Crippen molar-refractivity contribution in [1.82, 2.24) is 14.9 Å². The molecule has 34 heavy (non-hydrogen) atoms. The largest absolute Gasteiger partial charge is 0.493 e. The van der Waals surface area contributed by atoms with Gasteiger partial charge in [-0.15, -0.1) is 0 Å². The molecule has 0 unspecified atom stereocenters. The Hall–Kier alpha value is -3.86. The number of ether oxygens (including phenoxy) is 2. The number of nitrogens with one attached hydrogen (secondary N) is 1. The maximum atomic E-state index is 14.4. The number of fused-ring (bicyclic) bond motifs is 1. The number of carboxylic acids is 1. The van der Waals surface area contributed by atoms with E-state index < -0.39 is 30.0 Å². The third kappa shape index (κ3) is 4.60. The molecule has 0 spiro atoms. The SMILES string of the molecule is COc1cc2ncnc(Nc3cccc(Cl)c3F)c2cc1O[C@@H]1CCN(C(=O)O)[C@@H](C(=O)O)C1. The molecule has 1 aromatic heterocycles. The minimum atomic E-state index is -1.30. The highest BCUT2D eigenvalue weighted by Gasteiger charge is 2.37. The van der Waals surface area contributed by atoms with Crippen molar-refractivity contribution in [2.75, 3.05) is 19.0 Å². The average molecular weight is 491 g/mol. The van der Waals surface area contributed by atoms with Gasteiger partial charge in [0, 0.05) is 30.8 Å². The topological polar surface area (TPSA) is 134 Å². The summed E-state index contributed by atoms with van der Waals surface area (Å²) in [6.07, 6.45) is -0.301. The van der Waals surface area contributed by atoms with E-state index in [0.717, 1.165) is 4.90 Å². The van der Waals surface area contributed by atoms with Crippen LogP contribution < -0.4 is 14.8 Å². The standard InChI is InChI=1S/C22H20ClFN4O6/c1-33-17-9-15-12(20(26-10-25-15)27-14-4-2-3-13(23)19(14)24)8-18(17)34-11-5-6-28(22(31)32)16(7-11)21(29)30/h2-4,8-11,16H,5-7H2,1H3,(H,29,30)(H,31,32)(H,25,26,27)/t11-,16-/m1/s1. The lowest BCUT2D eigenvalue weighted by molar-refractivity contribution is -0.145. The fourth-order valence-electron chi connectivity index (χ4n) is 3.83. The van der Waals surface area contributed by atoms with Gasteiger partial charge < -0.3 is 25.0 Å². The van der Waals surface area contributed by atoms with E-state index >= 15 is 0 Å². The first-order valence-electron chi connectivity index (χ1n) is 10.2. The number of rotatable bonds is 6. The molecule has 0 saturated carbocycles. The molecule has 3 aromatic rings. The van der Waals surface area contributed by atoms with Gasteiger partial charge >= 0.3 is 12.1 Å².